The lowest BCUT2D eigenvalue weighted by molar-refractivity contribution is -0.385. The topological polar surface area (TPSA) is 122 Å². The number of nitrogens with zero attached hydrogens (tertiary/aromatic N) is 5. The van der Waals surface area contributed by atoms with E-state index in [-0.39, 0.29) is 23.1 Å². The maximum absolute atomic E-state index is 11.2. The Morgan fingerprint density at radius 1 is 1.43 bits per heavy atom. The first-order valence-electron chi connectivity index (χ1n) is 5.96. The number of rotatable bonds is 3. The van der Waals surface area contributed by atoms with Crippen LogP contribution >= 0.6 is 0 Å². The fraction of sp³-hybridized carbons (Fsp3) is 0.154. The summed E-state index contributed by atoms with van der Waals surface area (Å²) in [6.45, 7) is 1.50. The first-order chi connectivity index (χ1) is 9.93. The van der Waals surface area contributed by atoms with Gasteiger partial charge in [0, 0.05) is 12.7 Å². The third-order valence-corrected chi connectivity index (χ3v) is 2.92. The highest BCUT2D eigenvalue weighted by atomic mass is 16.6. The molecule has 2 aromatic rings. The molecule has 0 aliphatic heterocycles. The van der Waals surface area contributed by atoms with Crippen LogP contribution in [0, 0.1) is 28.4 Å². The minimum atomic E-state index is -0.547. The van der Waals surface area contributed by atoms with Gasteiger partial charge in [0.2, 0.25) is 11.8 Å². The van der Waals surface area contributed by atoms with E-state index < -0.39 is 4.92 Å². The summed E-state index contributed by atoms with van der Waals surface area (Å²) >= 11 is 0. The normalized spacial score (nSPS) is 9.95. The van der Waals surface area contributed by atoms with Gasteiger partial charge < -0.3 is 10.6 Å². The Labute approximate surface area is 120 Å². The summed E-state index contributed by atoms with van der Waals surface area (Å²) in [5.74, 6) is 0.0384. The number of nitro groups is 1. The fourth-order valence-corrected chi connectivity index (χ4v) is 1.93. The molecule has 1 aromatic carbocycles. The summed E-state index contributed by atoms with van der Waals surface area (Å²) in [4.78, 5) is 19.9. The van der Waals surface area contributed by atoms with Gasteiger partial charge in [-0.1, -0.05) is 6.07 Å². The quantitative estimate of drug-likeness (QED) is 0.674. The lowest BCUT2D eigenvalue weighted by Crippen LogP contribution is -2.16. The predicted octanol–water partition coefficient (Wildman–Crippen LogP) is 1.91. The van der Waals surface area contributed by atoms with Gasteiger partial charge in [0.15, 0.2) is 0 Å². The van der Waals surface area contributed by atoms with Gasteiger partial charge >= 0.3 is 5.69 Å². The number of aryl methyl sites for hydroxylation is 1. The lowest BCUT2D eigenvalue weighted by atomic mass is 10.2. The third-order valence-electron chi connectivity index (χ3n) is 2.92. The molecule has 0 atom stereocenters. The molecule has 0 fully saturated rings. The molecule has 1 aromatic heterocycles. The Morgan fingerprint density at radius 3 is 2.76 bits per heavy atom. The molecule has 21 heavy (non-hydrogen) atoms. The van der Waals surface area contributed by atoms with Crippen LogP contribution in [0.15, 0.2) is 24.3 Å². The Hall–Kier alpha value is -3.21. The zero-order valence-electron chi connectivity index (χ0n) is 11.4. The molecule has 0 saturated carbocycles. The Bertz CT molecular complexity index is 753. The van der Waals surface area contributed by atoms with Crippen molar-refractivity contribution in [2.75, 3.05) is 17.7 Å². The minimum absolute atomic E-state index is 0.0450. The minimum Gasteiger partial charge on any atom is -0.368 e. The van der Waals surface area contributed by atoms with E-state index in [2.05, 4.69) is 9.97 Å². The summed E-state index contributed by atoms with van der Waals surface area (Å²) in [6.07, 6.45) is 0. The molecule has 0 bridgehead atoms. The SMILES string of the molecule is Cc1nc(N)nc(N(C)c2cccc(C#N)c2)c1[N+](=O)[O-]. The summed E-state index contributed by atoms with van der Waals surface area (Å²) in [5.41, 5.74) is 6.59. The van der Waals surface area contributed by atoms with E-state index >= 15 is 0 Å². The molecule has 8 heteroatoms. The average Bonchev–Trinajstić information content (AvgIpc) is 2.45. The van der Waals surface area contributed by atoms with Crippen molar-refractivity contribution in [2.45, 2.75) is 6.92 Å². The van der Waals surface area contributed by atoms with Crippen LogP contribution in [-0.4, -0.2) is 21.9 Å². The number of nitriles is 1. The maximum Gasteiger partial charge on any atom is 0.333 e. The molecule has 1 heterocycles. The Balaban J connectivity index is 2.60. The summed E-state index contributed by atoms with van der Waals surface area (Å²) in [7, 11) is 1.62. The number of anilines is 3. The third kappa shape index (κ3) is 2.71. The zero-order chi connectivity index (χ0) is 15.6. The van der Waals surface area contributed by atoms with E-state index in [1.54, 1.807) is 31.3 Å². The van der Waals surface area contributed by atoms with Crippen LogP contribution in [0.1, 0.15) is 11.3 Å². The molecule has 106 valence electrons. The van der Waals surface area contributed by atoms with Crippen LogP contribution < -0.4 is 10.6 Å². The fourth-order valence-electron chi connectivity index (χ4n) is 1.93. The molecule has 0 aliphatic carbocycles. The average molecular weight is 284 g/mol. The van der Waals surface area contributed by atoms with E-state index in [9.17, 15) is 10.1 Å². The predicted molar refractivity (Wildman–Crippen MR) is 77.1 cm³/mol. The van der Waals surface area contributed by atoms with E-state index in [0.717, 1.165) is 0 Å². The number of aromatic nitrogens is 2. The van der Waals surface area contributed by atoms with Crippen molar-refractivity contribution in [1.82, 2.24) is 9.97 Å². The van der Waals surface area contributed by atoms with Crippen molar-refractivity contribution in [1.29, 1.82) is 5.26 Å². The van der Waals surface area contributed by atoms with Gasteiger partial charge in [0.1, 0.15) is 5.69 Å². The Morgan fingerprint density at radius 2 is 2.14 bits per heavy atom. The van der Waals surface area contributed by atoms with Gasteiger partial charge in [-0.3, -0.25) is 10.1 Å². The van der Waals surface area contributed by atoms with Crippen molar-refractivity contribution in [3.63, 3.8) is 0 Å². The largest absolute Gasteiger partial charge is 0.368 e. The van der Waals surface area contributed by atoms with Crippen molar-refractivity contribution in [3.05, 3.63) is 45.6 Å². The van der Waals surface area contributed by atoms with E-state index in [4.69, 9.17) is 11.0 Å². The molecule has 8 nitrogen and oxygen atoms in total. The number of benzene rings is 1. The molecule has 0 unspecified atom stereocenters. The zero-order valence-corrected chi connectivity index (χ0v) is 11.4. The summed E-state index contributed by atoms with van der Waals surface area (Å²) in [6, 6.07) is 8.68. The van der Waals surface area contributed by atoms with Crippen LogP contribution in [0.5, 0.6) is 0 Å². The first kappa shape index (κ1) is 14.2. The molecule has 2 N–H and O–H groups in total. The second kappa shape index (κ2) is 5.42. The molecule has 0 aliphatic rings. The number of nitrogen functional groups attached to an aromatic ring is 1. The highest BCUT2D eigenvalue weighted by molar-refractivity contribution is 5.70. The second-order valence-corrected chi connectivity index (χ2v) is 4.32. The standard InChI is InChI=1S/C13H12N6O2/c1-8-11(19(20)21)12(17-13(15)16-8)18(2)10-5-3-4-9(6-10)7-14/h3-6H,1-2H3,(H2,15,16,17). The first-order valence-corrected chi connectivity index (χ1v) is 5.96. The van der Waals surface area contributed by atoms with Crippen molar-refractivity contribution in [2.24, 2.45) is 0 Å². The van der Waals surface area contributed by atoms with Gasteiger partial charge in [-0.15, -0.1) is 0 Å². The monoisotopic (exact) mass is 284 g/mol. The van der Waals surface area contributed by atoms with Gasteiger partial charge in [0.25, 0.3) is 0 Å². The number of hydrogen-bond acceptors (Lipinski definition) is 7. The van der Waals surface area contributed by atoms with Crippen molar-refractivity contribution in [3.8, 4) is 6.07 Å². The van der Waals surface area contributed by atoms with Crippen LogP contribution in [0.3, 0.4) is 0 Å². The van der Waals surface area contributed by atoms with Crippen molar-refractivity contribution < 1.29 is 4.92 Å². The molecule has 0 radical (unpaired) electrons. The van der Waals surface area contributed by atoms with Gasteiger partial charge in [-0.25, -0.2) is 4.98 Å². The molecule has 0 spiro atoms. The van der Waals surface area contributed by atoms with Gasteiger partial charge in [-0.2, -0.15) is 10.2 Å². The second-order valence-electron chi connectivity index (χ2n) is 4.32. The van der Waals surface area contributed by atoms with Crippen LogP contribution in [0.25, 0.3) is 0 Å². The highest BCUT2D eigenvalue weighted by Gasteiger charge is 2.25. The van der Waals surface area contributed by atoms with Crippen LogP contribution in [-0.2, 0) is 0 Å². The highest BCUT2D eigenvalue weighted by Crippen LogP contribution is 2.33. The summed E-state index contributed by atoms with van der Waals surface area (Å²) < 4.78 is 0. The molecular formula is C13H12N6O2. The lowest BCUT2D eigenvalue weighted by Gasteiger charge is -2.19. The van der Waals surface area contributed by atoms with Gasteiger partial charge in [-0.05, 0) is 25.1 Å². The maximum atomic E-state index is 11.2. The van der Waals surface area contributed by atoms with E-state index in [0.29, 0.717) is 11.3 Å². The van der Waals surface area contributed by atoms with E-state index in [1.165, 1.54) is 11.8 Å². The number of hydrogen-bond donors (Lipinski definition) is 1. The van der Waals surface area contributed by atoms with Gasteiger partial charge in [0.05, 0.1) is 16.6 Å². The number of nitrogens with two attached hydrogens (primary N) is 1. The van der Waals surface area contributed by atoms with Crippen molar-refractivity contribution >= 4 is 23.1 Å². The molecule has 0 amide bonds. The smallest absolute Gasteiger partial charge is 0.333 e. The van der Waals surface area contributed by atoms with E-state index in [1.807, 2.05) is 6.07 Å². The molecule has 0 saturated heterocycles. The Kier molecular flexibility index (Phi) is 3.67. The molecular weight excluding hydrogens is 272 g/mol. The van der Waals surface area contributed by atoms with Crippen LogP contribution in [0.4, 0.5) is 23.1 Å². The summed E-state index contributed by atoms with van der Waals surface area (Å²) in [5, 5.41) is 20.1. The van der Waals surface area contributed by atoms with Crippen LogP contribution in [0.2, 0.25) is 0 Å². The molecule has 2 rings (SSSR count).